The van der Waals surface area contributed by atoms with Gasteiger partial charge in [0.25, 0.3) is 0 Å². The highest BCUT2D eigenvalue weighted by atomic mass is 32.2. The maximum absolute atomic E-state index is 12.0. The zero-order valence-electron chi connectivity index (χ0n) is 12.4. The molecule has 0 fully saturated rings. The van der Waals surface area contributed by atoms with Gasteiger partial charge in [0, 0.05) is 32.5 Å². The molecule has 2 rings (SSSR count). The summed E-state index contributed by atoms with van der Waals surface area (Å²) in [4.78, 5) is 22.0. The maximum atomic E-state index is 12.0. The molecule has 0 unspecified atom stereocenters. The van der Waals surface area contributed by atoms with Crippen molar-refractivity contribution in [2.75, 3.05) is 18.8 Å². The number of carbonyl (C=O) groups is 1. The number of amides is 1. The first kappa shape index (κ1) is 15.4. The third-order valence-electron chi connectivity index (χ3n) is 3.07. The Morgan fingerprint density at radius 1 is 1.29 bits per heavy atom. The Kier molecular flexibility index (Phi) is 5.26. The molecule has 0 aliphatic carbocycles. The largest absolute Gasteiger partial charge is 0.343 e. The maximum Gasteiger partial charge on any atom is 0.233 e. The number of nitrogens with zero attached hydrogens (tertiary/aromatic N) is 6. The summed E-state index contributed by atoms with van der Waals surface area (Å²) in [6.45, 7) is 5.39. The highest BCUT2D eigenvalue weighted by molar-refractivity contribution is 7.99. The molecule has 2 aromatic rings. The van der Waals surface area contributed by atoms with Gasteiger partial charge in [-0.1, -0.05) is 11.8 Å². The van der Waals surface area contributed by atoms with Crippen LogP contribution in [0.5, 0.6) is 0 Å². The summed E-state index contributed by atoms with van der Waals surface area (Å²) in [5.74, 6) is 1.10. The van der Waals surface area contributed by atoms with Crippen LogP contribution in [0.1, 0.15) is 13.8 Å². The van der Waals surface area contributed by atoms with Crippen LogP contribution in [0.4, 0.5) is 0 Å². The number of hydrogen-bond donors (Lipinski definition) is 0. The van der Waals surface area contributed by atoms with Crippen molar-refractivity contribution in [3.8, 4) is 11.5 Å². The summed E-state index contributed by atoms with van der Waals surface area (Å²) in [7, 11) is 1.86. The number of rotatable bonds is 6. The lowest BCUT2D eigenvalue weighted by molar-refractivity contribution is -0.127. The zero-order valence-corrected chi connectivity index (χ0v) is 13.2. The topological polar surface area (TPSA) is 76.8 Å². The molecule has 0 atom stereocenters. The van der Waals surface area contributed by atoms with Crippen LogP contribution in [0, 0.1) is 0 Å². The van der Waals surface area contributed by atoms with Crippen LogP contribution >= 0.6 is 11.8 Å². The standard InChI is InChI=1S/C13H18N6OS/c1-4-19(5-2)11(20)9-21-13-17-16-12(18(13)3)10-8-14-6-7-15-10/h6-8H,4-5,9H2,1-3H3. The molecule has 1 amide bonds. The van der Waals surface area contributed by atoms with Crippen molar-refractivity contribution in [1.82, 2.24) is 29.6 Å². The molecule has 0 spiro atoms. The van der Waals surface area contributed by atoms with E-state index in [0.29, 0.717) is 22.4 Å². The molecular weight excluding hydrogens is 288 g/mol. The quantitative estimate of drug-likeness (QED) is 0.747. The molecule has 0 aliphatic heterocycles. The van der Waals surface area contributed by atoms with Crippen LogP contribution in [-0.2, 0) is 11.8 Å². The second-order valence-electron chi connectivity index (χ2n) is 4.31. The van der Waals surface area contributed by atoms with E-state index in [2.05, 4.69) is 20.2 Å². The van der Waals surface area contributed by atoms with Gasteiger partial charge in [-0.2, -0.15) is 0 Å². The molecule has 0 N–H and O–H groups in total. The van der Waals surface area contributed by atoms with Crippen molar-refractivity contribution in [3.05, 3.63) is 18.6 Å². The third-order valence-corrected chi connectivity index (χ3v) is 4.07. The van der Waals surface area contributed by atoms with E-state index >= 15 is 0 Å². The van der Waals surface area contributed by atoms with Gasteiger partial charge < -0.3 is 9.47 Å². The molecule has 8 heteroatoms. The molecule has 0 saturated carbocycles. The summed E-state index contributed by atoms with van der Waals surface area (Å²) < 4.78 is 1.82. The van der Waals surface area contributed by atoms with Gasteiger partial charge in [0.2, 0.25) is 5.91 Å². The SMILES string of the molecule is CCN(CC)C(=O)CSc1nnc(-c2cnccn2)n1C. The fraction of sp³-hybridized carbons (Fsp3) is 0.462. The molecule has 0 bridgehead atoms. The average molecular weight is 306 g/mol. The molecule has 0 aromatic carbocycles. The average Bonchev–Trinajstić information content (AvgIpc) is 2.88. The van der Waals surface area contributed by atoms with E-state index in [4.69, 9.17) is 0 Å². The summed E-state index contributed by atoms with van der Waals surface area (Å²) >= 11 is 1.38. The summed E-state index contributed by atoms with van der Waals surface area (Å²) in [5, 5.41) is 8.92. The van der Waals surface area contributed by atoms with E-state index in [1.807, 2.05) is 25.5 Å². The predicted octanol–water partition coefficient (Wildman–Crippen LogP) is 1.23. The Hall–Kier alpha value is -1.96. The summed E-state index contributed by atoms with van der Waals surface area (Å²) in [6.07, 6.45) is 4.86. The van der Waals surface area contributed by atoms with Crippen molar-refractivity contribution in [2.45, 2.75) is 19.0 Å². The smallest absolute Gasteiger partial charge is 0.233 e. The first-order chi connectivity index (χ1) is 10.2. The van der Waals surface area contributed by atoms with Crippen molar-refractivity contribution in [3.63, 3.8) is 0 Å². The van der Waals surface area contributed by atoms with E-state index in [1.165, 1.54) is 11.8 Å². The van der Waals surface area contributed by atoms with E-state index < -0.39 is 0 Å². The van der Waals surface area contributed by atoms with Crippen LogP contribution in [0.2, 0.25) is 0 Å². The lowest BCUT2D eigenvalue weighted by atomic mass is 10.4. The van der Waals surface area contributed by atoms with E-state index in [-0.39, 0.29) is 5.91 Å². The van der Waals surface area contributed by atoms with Crippen LogP contribution in [-0.4, -0.2) is 54.4 Å². The van der Waals surface area contributed by atoms with Crippen LogP contribution < -0.4 is 0 Å². The van der Waals surface area contributed by atoms with Crippen molar-refractivity contribution in [1.29, 1.82) is 0 Å². The van der Waals surface area contributed by atoms with Gasteiger partial charge in [-0.05, 0) is 13.8 Å². The van der Waals surface area contributed by atoms with Gasteiger partial charge in [-0.25, -0.2) is 4.98 Å². The van der Waals surface area contributed by atoms with E-state index in [1.54, 1.807) is 23.5 Å². The van der Waals surface area contributed by atoms with Gasteiger partial charge in [0.05, 0.1) is 11.9 Å². The fourth-order valence-electron chi connectivity index (χ4n) is 1.87. The number of thioether (sulfide) groups is 1. The van der Waals surface area contributed by atoms with Gasteiger partial charge in [0.1, 0.15) is 5.69 Å². The van der Waals surface area contributed by atoms with Crippen LogP contribution in [0.25, 0.3) is 11.5 Å². The van der Waals surface area contributed by atoms with E-state index in [9.17, 15) is 4.79 Å². The van der Waals surface area contributed by atoms with Crippen molar-refractivity contribution >= 4 is 17.7 Å². The molecule has 7 nitrogen and oxygen atoms in total. The Bertz CT molecular complexity index is 596. The fourth-order valence-corrected chi connectivity index (χ4v) is 2.69. The van der Waals surface area contributed by atoms with Crippen LogP contribution in [0.3, 0.4) is 0 Å². The molecule has 21 heavy (non-hydrogen) atoms. The third kappa shape index (κ3) is 3.57. The summed E-state index contributed by atoms with van der Waals surface area (Å²) in [6, 6.07) is 0. The number of aromatic nitrogens is 5. The van der Waals surface area contributed by atoms with Gasteiger partial charge in [-0.3, -0.25) is 9.78 Å². The lowest BCUT2D eigenvalue weighted by Crippen LogP contribution is -2.31. The Morgan fingerprint density at radius 2 is 2.05 bits per heavy atom. The highest BCUT2D eigenvalue weighted by Gasteiger charge is 2.15. The van der Waals surface area contributed by atoms with Gasteiger partial charge >= 0.3 is 0 Å². The second kappa shape index (κ2) is 7.16. The minimum absolute atomic E-state index is 0.106. The molecule has 0 saturated heterocycles. The molecule has 112 valence electrons. The number of carbonyl (C=O) groups excluding carboxylic acids is 1. The van der Waals surface area contributed by atoms with Crippen molar-refractivity contribution in [2.24, 2.45) is 7.05 Å². The zero-order chi connectivity index (χ0) is 15.2. The van der Waals surface area contributed by atoms with Gasteiger partial charge in [0.15, 0.2) is 11.0 Å². The molecule has 2 heterocycles. The Balaban J connectivity index is 2.06. The highest BCUT2D eigenvalue weighted by Crippen LogP contribution is 2.20. The Labute approximate surface area is 127 Å². The Morgan fingerprint density at radius 3 is 2.67 bits per heavy atom. The molecule has 2 aromatic heterocycles. The molecule has 0 radical (unpaired) electrons. The minimum atomic E-state index is 0.106. The van der Waals surface area contributed by atoms with Crippen LogP contribution in [0.15, 0.2) is 23.7 Å². The normalized spacial score (nSPS) is 10.6. The lowest BCUT2D eigenvalue weighted by Gasteiger charge is -2.17. The first-order valence-corrected chi connectivity index (χ1v) is 7.72. The van der Waals surface area contributed by atoms with Crippen molar-refractivity contribution < 1.29 is 4.79 Å². The molecular formula is C13H18N6OS. The van der Waals surface area contributed by atoms with Gasteiger partial charge in [-0.15, -0.1) is 10.2 Å². The minimum Gasteiger partial charge on any atom is -0.343 e. The summed E-state index contributed by atoms with van der Waals surface area (Å²) in [5.41, 5.74) is 0.661. The monoisotopic (exact) mass is 306 g/mol. The molecule has 0 aliphatic rings. The number of hydrogen-bond acceptors (Lipinski definition) is 6. The second-order valence-corrected chi connectivity index (χ2v) is 5.25. The van der Waals surface area contributed by atoms with E-state index in [0.717, 1.165) is 13.1 Å². The predicted molar refractivity (Wildman–Crippen MR) is 80.7 cm³/mol. The first-order valence-electron chi connectivity index (χ1n) is 6.73.